The van der Waals surface area contributed by atoms with E-state index in [1.165, 1.54) is 45.2 Å². The lowest BCUT2D eigenvalue weighted by Gasteiger charge is -2.39. The molecular formula is C14H28N2. The molecule has 1 atom stereocenters. The van der Waals surface area contributed by atoms with Gasteiger partial charge in [0.2, 0.25) is 0 Å². The first-order valence-electron chi connectivity index (χ1n) is 6.93. The lowest BCUT2D eigenvalue weighted by Crippen LogP contribution is -2.51. The van der Waals surface area contributed by atoms with E-state index in [0.29, 0.717) is 11.0 Å². The van der Waals surface area contributed by atoms with Crippen LogP contribution < -0.4 is 5.73 Å². The highest BCUT2D eigenvalue weighted by Crippen LogP contribution is 2.41. The molecule has 0 aromatic heterocycles. The fourth-order valence-corrected chi connectivity index (χ4v) is 3.58. The molecule has 1 saturated heterocycles. The van der Waals surface area contributed by atoms with E-state index in [4.69, 9.17) is 5.73 Å². The summed E-state index contributed by atoms with van der Waals surface area (Å²) < 4.78 is 0. The highest BCUT2D eigenvalue weighted by molar-refractivity contribution is 4.99. The van der Waals surface area contributed by atoms with E-state index in [9.17, 15) is 0 Å². The van der Waals surface area contributed by atoms with Crippen molar-refractivity contribution < 1.29 is 0 Å². The number of hydrogen-bond acceptors (Lipinski definition) is 2. The second-order valence-corrected chi connectivity index (χ2v) is 6.93. The molecule has 2 heteroatoms. The summed E-state index contributed by atoms with van der Waals surface area (Å²) in [7, 11) is 0. The molecule has 0 bridgehead atoms. The van der Waals surface area contributed by atoms with Crippen molar-refractivity contribution in [2.45, 2.75) is 58.4 Å². The van der Waals surface area contributed by atoms with Crippen molar-refractivity contribution >= 4 is 0 Å². The van der Waals surface area contributed by atoms with Crippen molar-refractivity contribution in [2.75, 3.05) is 19.6 Å². The predicted molar refractivity (Wildman–Crippen MR) is 69.4 cm³/mol. The van der Waals surface area contributed by atoms with Crippen LogP contribution in [0.4, 0.5) is 0 Å². The maximum absolute atomic E-state index is 6.06. The van der Waals surface area contributed by atoms with E-state index < -0.39 is 0 Å². The second kappa shape index (κ2) is 4.30. The summed E-state index contributed by atoms with van der Waals surface area (Å²) in [6.45, 7) is 10.6. The third kappa shape index (κ3) is 2.14. The Balaban J connectivity index is 2.02. The van der Waals surface area contributed by atoms with Gasteiger partial charge in [0.1, 0.15) is 0 Å². The number of rotatable bonds is 2. The largest absolute Gasteiger partial charge is 0.329 e. The number of likely N-dealkylation sites (tertiary alicyclic amines) is 1. The van der Waals surface area contributed by atoms with Crippen LogP contribution in [0.1, 0.15) is 52.9 Å². The third-order valence-corrected chi connectivity index (χ3v) is 5.00. The van der Waals surface area contributed by atoms with Crippen LogP contribution in [0, 0.1) is 11.3 Å². The van der Waals surface area contributed by atoms with Gasteiger partial charge in [0.25, 0.3) is 0 Å². The van der Waals surface area contributed by atoms with Crippen molar-refractivity contribution in [1.29, 1.82) is 0 Å². The molecule has 94 valence electrons. The monoisotopic (exact) mass is 224 g/mol. The molecule has 1 aliphatic carbocycles. The molecule has 0 spiro atoms. The molecule has 0 radical (unpaired) electrons. The van der Waals surface area contributed by atoms with Crippen LogP contribution in [0.2, 0.25) is 0 Å². The summed E-state index contributed by atoms with van der Waals surface area (Å²) in [5.41, 5.74) is 6.90. The van der Waals surface area contributed by atoms with Crippen LogP contribution in [0.25, 0.3) is 0 Å². The molecule has 1 saturated carbocycles. The molecule has 0 amide bonds. The normalized spacial score (nSPS) is 31.1. The topological polar surface area (TPSA) is 29.3 Å². The highest BCUT2D eigenvalue weighted by Gasteiger charge is 2.43. The van der Waals surface area contributed by atoms with E-state index in [1.807, 2.05) is 0 Å². The van der Waals surface area contributed by atoms with E-state index >= 15 is 0 Å². The first-order chi connectivity index (χ1) is 7.48. The lowest BCUT2D eigenvalue weighted by molar-refractivity contribution is 0.112. The fourth-order valence-electron chi connectivity index (χ4n) is 3.58. The van der Waals surface area contributed by atoms with Crippen LogP contribution in [-0.4, -0.2) is 30.1 Å². The summed E-state index contributed by atoms with van der Waals surface area (Å²) >= 11 is 0. The van der Waals surface area contributed by atoms with Gasteiger partial charge in [0, 0.05) is 18.6 Å². The molecule has 1 unspecified atom stereocenters. The molecule has 1 aliphatic heterocycles. The van der Waals surface area contributed by atoms with E-state index in [0.717, 1.165) is 12.5 Å². The quantitative estimate of drug-likeness (QED) is 0.781. The Morgan fingerprint density at radius 1 is 1.25 bits per heavy atom. The van der Waals surface area contributed by atoms with Gasteiger partial charge in [-0.25, -0.2) is 0 Å². The van der Waals surface area contributed by atoms with E-state index in [1.54, 1.807) is 0 Å². The average molecular weight is 224 g/mol. The Bertz CT molecular complexity index is 236. The van der Waals surface area contributed by atoms with Gasteiger partial charge in [-0.15, -0.1) is 0 Å². The minimum Gasteiger partial charge on any atom is -0.329 e. The number of hydrogen-bond donors (Lipinski definition) is 1. The van der Waals surface area contributed by atoms with Gasteiger partial charge >= 0.3 is 0 Å². The van der Waals surface area contributed by atoms with Gasteiger partial charge in [-0.05, 0) is 37.1 Å². The lowest BCUT2D eigenvalue weighted by atomic mass is 9.80. The van der Waals surface area contributed by atoms with Crippen LogP contribution in [0.3, 0.4) is 0 Å². The average Bonchev–Trinajstić information content (AvgIpc) is 2.86. The first kappa shape index (κ1) is 12.4. The van der Waals surface area contributed by atoms with Gasteiger partial charge in [0.05, 0.1) is 0 Å². The van der Waals surface area contributed by atoms with Crippen molar-refractivity contribution in [3.05, 3.63) is 0 Å². The molecule has 2 aliphatic rings. The molecule has 2 rings (SSSR count). The molecule has 16 heavy (non-hydrogen) atoms. The Kier molecular flexibility index (Phi) is 3.33. The maximum Gasteiger partial charge on any atom is 0.0331 e. The minimum absolute atomic E-state index is 0.375. The summed E-state index contributed by atoms with van der Waals surface area (Å²) in [6, 6.07) is 0. The first-order valence-corrected chi connectivity index (χ1v) is 6.93. The summed E-state index contributed by atoms with van der Waals surface area (Å²) in [4.78, 5) is 2.72. The summed E-state index contributed by atoms with van der Waals surface area (Å²) in [5.74, 6) is 0.858. The smallest absolute Gasteiger partial charge is 0.0331 e. The highest BCUT2D eigenvalue weighted by atomic mass is 15.2. The van der Waals surface area contributed by atoms with Gasteiger partial charge in [0.15, 0.2) is 0 Å². The second-order valence-electron chi connectivity index (χ2n) is 6.93. The third-order valence-electron chi connectivity index (χ3n) is 5.00. The van der Waals surface area contributed by atoms with Gasteiger partial charge < -0.3 is 5.73 Å². The maximum atomic E-state index is 6.06. The zero-order chi connectivity index (χ0) is 11.8. The Hall–Kier alpha value is -0.0800. The van der Waals surface area contributed by atoms with Gasteiger partial charge in [-0.2, -0.15) is 0 Å². The Morgan fingerprint density at radius 2 is 1.88 bits per heavy atom. The van der Waals surface area contributed by atoms with Crippen LogP contribution >= 0.6 is 0 Å². The SMILES string of the molecule is CC(C)(C)C1CCN(C2(CN)CCCC2)C1. The van der Waals surface area contributed by atoms with Crippen LogP contribution in [0.5, 0.6) is 0 Å². The van der Waals surface area contributed by atoms with Crippen LogP contribution in [-0.2, 0) is 0 Å². The van der Waals surface area contributed by atoms with Gasteiger partial charge in [-0.1, -0.05) is 33.6 Å². The molecule has 2 nitrogen and oxygen atoms in total. The standard InChI is InChI=1S/C14H28N2/c1-13(2,3)12-6-9-16(10-12)14(11-15)7-4-5-8-14/h12H,4-11,15H2,1-3H3. The van der Waals surface area contributed by atoms with E-state index in [2.05, 4.69) is 25.7 Å². The molecular weight excluding hydrogens is 196 g/mol. The zero-order valence-corrected chi connectivity index (χ0v) is 11.3. The van der Waals surface area contributed by atoms with Crippen LogP contribution in [0.15, 0.2) is 0 Å². The van der Waals surface area contributed by atoms with E-state index in [-0.39, 0.29) is 0 Å². The van der Waals surface area contributed by atoms with Gasteiger partial charge in [-0.3, -0.25) is 4.90 Å². The zero-order valence-electron chi connectivity index (χ0n) is 11.3. The molecule has 0 aromatic carbocycles. The van der Waals surface area contributed by atoms with Crippen molar-refractivity contribution in [3.8, 4) is 0 Å². The molecule has 1 heterocycles. The van der Waals surface area contributed by atoms with Crippen molar-refractivity contribution in [2.24, 2.45) is 17.1 Å². The fraction of sp³-hybridized carbons (Fsp3) is 1.00. The van der Waals surface area contributed by atoms with Crippen molar-refractivity contribution in [3.63, 3.8) is 0 Å². The molecule has 2 N–H and O–H groups in total. The number of nitrogens with zero attached hydrogens (tertiary/aromatic N) is 1. The predicted octanol–water partition coefficient (Wildman–Crippen LogP) is 2.63. The Morgan fingerprint density at radius 3 is 2.31 bits per heavy atom. The summed E-state index contributed by atoms with van der Waals surface area (Å²) in [6.07, 6.45) is 6.80. The Labute approximate surface area is 101 Å². The molecule has 0 aromatic rings. The minimum atomic E-state index is 0.375. The summed E-state index contributed by atoms with van der Waals surface area (Å²) in [5, 5.41) is 0. The van der Waals surface area contributed by atoms with Crippen molar-refractivity contribution in [1.82, 2.24) is 4.90 Å². The number of nitrogens with two attached hydrogens (primary N) is 1. The molecule has 2 fully saturated rings.